The summed E-state index contributed by atoms with van der Waals surface area (Å²) in [7, 11) is 0. The van der Waals surface area contributed by atoms with Crippen molar-refractivity contribution in [1.82, 2.24) is 5.32 Å². The molecule has 0 amide bonds. The van der Waals surface area contributed by atoms with Crippen LogP contribution in [0.5, 0.6) is 0 Å². The van der Waals surface area contributed by atoms with Crippen LogP contribution in [0.2, 0.25) is 0 Å². The lowest BCUT2D eigenvalue weighted by Gasteiger charge is -2.19. The minimum absolute atomic E-state index is 0.328. The summed E-state index contributed by atoms with van der Waals surface area (Å²) in [6.07, 6.45) is 0.895. The first kappa shape index (κ1) is 15.1. The van der Waals surface area contributed by atoms with Crippen LogP contribution >= 0.6 is 11.3 Å². The minimum Gasteiger partial charge on any atom is -0.306 e. The van der Waals surface area contributed by atoms with Crippen LogP contribution in [0.1, 0.15) is 35.4 Å². The van der Waals surface area contributed by atoms with Gasteiger partial charge in [0, 0.05) is 4.88 Å². The van der Waals surface area contributed by atoms with E-state index in [2.05, 4.69) is 5.32 Å². The summed E-state index contributed by atoms with van der Waals surface area (Å²) in [5.74, 6) is -3.74. The third-order valence-corrected chi connectivity index (χ3v) is 4.01. The van der Waals surface area contributed by atoms with Crippen LogP contribution in [0.4, 0.5) is 13.2 Å². The summed E-state index contributed by atoms with van der Waals surface area (Å²) >= 11 is 1.57. The molecule has 2 aromatic rings. The fourth-order valence-electron chi connectivity index (χ4n) is 2.13. The van der Waals surface area contributed by atoms with Crippen molar-refractivity contribution >= 4 is 11.3 Å². The minimum atomic E-state index is -1.43. The molecule has 0 aliphatic rings. The van der Waals surface area contributed by atoms with E-state index in [0.717, 1.165) is 29.0 Å². The number of hydrogen-bond acceptors (Lipinski definition) is 2. The Labute approximate surface area is 120 Å². The van der Waals surface area contributed by atoms with Crippen LogP contribution in [0.15, 0.2) is 23.6 Å². The van der Waals surface area contributed by atoms with Gasteiger partial charge in [0.15, 0.2) is 17.5 Å². The molecule has 0 radical (unpaired) electrons. The van der Waals surface area contributed by atoms with E-state index in [1.807, 2.05) is 25.3 Å². The van der Waals surface area contributed by atoms with E-state index >= 15 is 0 Å². The molecule has 0 fully saturated rings. The number of halogens is 3. The van der Waals surface area contributed by atoms with Crippen LogP contribution in [0.25, 0.3) is 0 Å². The van der Waals surface area contributed by atoms with E-state index in [0.29, 0.717) is 12.1 Å². The lowest BCUT2D eigenvalue weighted by Crippen LogP contribution is -2.23. The molecule has 5 heteroatoms. The molecule has 0 spiro atoms. The van der Waals surface area contributed by atoms with Gasteiger partial charge in [-0.05, 0) is 54.6 Å². The number of rotatable bonds is 5. The van der Waals surface area contributed by atoms with Gasteiger partial charge in [0.25, 0.3) is 0 Å². The Hall–Kier alpha value is -1.33. The molecule has 20 heavy (non-hydrogen) atoms. The Balaban J connectivity index is 2.44. The monoisotopic (exact) mass is 299 g/mol. The Kier molecular flexibility index (Phi) is 4.83. The second kappa shape index (κ2) is 6.41. The van der Waals surface area contributed by atoms with Crippen molar-refractivity contribution in [3.8, 4) is 0 Å². The Morgan fingerprint density at radius 3 is 2.35 bits per heavy atom. The lowest BCUT2D eigenvalue weighted by atomic mass is 9.99. The zero-order chi connectivity index (χ0) is 14.7. The van der Waals surface area contributed by atoms with Crippen LogP contribution in [-0.2, 0) is 0 Å². The average molecular weight is 299 g/mol. The van der Waals surface area contributed by atoms with Gasteiger partial charge in [-0.2, -0.15) is 0 Å². The average Bonchev–Trinajstić information content (AvgIpc) is 2.83. The number of hydrogen-bond donors (Lipinski definition) is 1. The number of benzene rings is 1. The second-order valence-electron chi connectivity index (χ2n) is 4.62. The second-order valence-corrected chi connectivity index (χ2v) is 5.74. The largest absolute Gasteiger partial charge is 0.306 e. The fraction of sp³-hybridized carbons (Fsp3) is 0.333. The number of nitrogens with one attached hydrogen (secondary N) is 1. The summed E-state index contributed by atoms with van der Waals surface area (Å²) in [5.41, 5.74) is 1.37. The van der Waals surface area contributed by atoms with Crippen molar-refractivity contribution in [1.29, 1.82) is 0 Å². The third kappa shape index (κ3) is 3.04. The van der Waals surface area contributed by atoms with Gasteiger partial charge in [0.05, 0.1) is 6.04 Å². The Bertz CT molecular complexity index is 572. The maximum atomic E-state index is 13.4. The first-order valence-electron chi connectivity index (χ1n) is 6.46. The van der Waals surface area contributed by atoms with Crippen LogP contribution in [0, 0.1) is 24.4 Å². The van der Waals surface area contributed by atoms with Gasteiger partial charge >= 0.3 is 0 Å². The molecule has 0 bridgehead atoms. The summed E-state index contributed by atoms with van der Waals surface area (Å²) in [6.45, 7) is 4.67. The van der Waals surface area contributed by atoms with Crippen molar-refractivity contribution in [2.75, 3.05) is 6.54 Å². The smallest absolute Gasteiger partial charge is 0.194 e. The first-order chi connectivity index (χ1) is 9.54. The van der Waals surface area contributed by atoms with Gasteiger partial charge in [0.1, 0.15) is 0 Å². The molecule has 2 rings (SSSR count). The van der Waals surface area contributed by atoms with Crippen molar-refractivity contribution in [3.05, 3.63) is 57.0 Å². The zero-order valence-corrected chi connectivity index (χ0v) is 12.2. The van der Waals surface area contributed by atoms with Crippen molar-refractivity contribution in [2.45, 2.75) is 26.3 Å². The van der Waals surface area contributed by atoms with E-state index < -0.39 is 17.5 Å². The number of thiophene rings is 1. The van der Waals surface area contributed by atoms with Crippen LogP contribution in [-0.4, -0.2) is 6.54 Å². The maximum absolute atomic E-state index is 13.4. The van der Waals surface area contributed by atoms with Gasteiger partial charge in [-0.1, -0.05) is 6.92 Å². The van der Waals surface area contributed by atoms with E-state index in [4.69, 9.17) is 0 Å². The number of aryl methyl sites for hydroxylation is 1. The molecule has 1 unspecified atom stereocenters. The first-order valence-corrected chi connectivity index (χ1v) is 7.34. The normalized spacial score (nSPS) is 12.7. The highest BCUT2D eigenvalue weighted by Crippen LogP contribution is 2.29. The standard InChI is InChI=1S/C15H16F3NS/c1-3-5-19-15(11-4-6-20-9(11)2)10-7-12(16)14(18)13(17)8-10/h4,6-8,15,19H,3,5H2,1-2H3. The molecular weight excluding hydrogens is 283 g/mol. The molecule has 0 aliphatic heterocycles. The van der Waals surface area contributed by atoms with Gasteiger partial charge < -0.3 is 5.32 Å². The predicted molar refractivity (Wildman–Crippen MR) is 75.5 cm³/mol. The van der Waals surface area contributed by atoms with E-state index in [9.17, 15) is 13.2 Å². The zero-order valence-electron chi connectivity index (χ0n) is 11.3. The third-order valence-electron chi connectivity index (χ3n) is 3.15. The van der Waals surface area contributed by atoms with Crippen molar-refractivity contribution in [2.24, 2.45) is 0 Å². The highest BCUT2D eigenvalue weighted by atomic mass is 32.1. The molecule has 108 valence electrons. The topological polar surface area (TPSA) is 12.0 Å². The highest BCUT2D eigenvalue weighted by molar-refractivity contribution is 7.10. The van der Waals surface area contributed by atoms with Gasteiger partial charge in [0.2, 0.25) is 0 Å². The molecule has 1 N–H and O–H groups in total. The molecule has 1 heterocycles. The van der Waals surface area contributed by atoms with Gasteiger partial charge in [-0.25, -0.2) is 13.2 Å². The quantitative estimate of drug-likeness (QED) is 0.798. The molecular formula is C15H16F3NS. The van der Waals surface area contributed by atoms with Crippen molar-refractivity contribution in [3.63, 3.8) is 0 Å². The fourth-order valence-corrected chi connectivity index (χ4v) is 2.87. The summed E-state index contributed by atoms with van der Waals surface area (Å²) in [6, 6.07) is 3.71. The molecule has 0 aliphatic carbocycles. The van der Waals surface area contributed by atoms with E-state index in [1.54, 1.807) is 11.3 Å². The highest BCUT2D eigenvalue weighted by Gasteiger charge is 2.20. The summed E-state index contributed by atoms with van der Waals surface area (Å²) in [4.78, 5) is 1.07. The van der Waals surface area contributed by atoms with Crippen molar-refractivity contribution < 1.29 is 13.2 Å². The SMILES string of the molecule is CCCNC(c1cc(F)c(F)c(F)c1)c1ccsc1C. The van der Waals surface area contributed by atoms with Crippen LogP contribution in [0.3, 0.4) is 0 Å². The summed E-state index contributed by atoms with van der Waals surface area (Å²) in [5, 5.41) is 5.19. The molecule has 1 aromatic heterocycles. The molecule has 0 saturated heterocycles. The molecule has 0 saturated carbocycles. The van der Waals surface area contributed by atoms with Crippen LogP contribution < -0.4 is 5.32 Å². The predicted octanol–water partition coefficient (Wildman–Crippen LogP) is 4.56. The van der Waals surface area contributed by atoms with Gasteiger partial charge in [-0.15, -0.1) is 11.3 Å². The summed E-state index contributed by atoms with van der Waals surface area (Å²) < 4.78 is 39.9. The lowest BCUT2D eigenvalue weighted by molar-refractivity contribution is 0.442. The van der Waals surface area contributed by atoms with E-state index in [1.165, 1.54) is 0 Å². The molecule has 1 nitrogen and oxygen atoms in total. The Morgan fingerprint density at radius 1 is 1.20 bits per heavy atom. The molecule has 1 aromatic carbocycles. The van der Waals surface area contributed by atoms with Gasteiger partial charge in [-0.3, -0.25) is 0 Å². The van der Waals surface area contributed by atoms with E-state index in [-0.39, 0.29) is 6.04 Å². The maximum Gasteiger partial charge on any atom is 0.194 e. The Morgan fingerprint density at radius 2 is 1.85 bits per heavy atom. The molecule has 1 atom stereocenters.